The number of hydrogen-bond acceptors (Lipinski definition) is 2. The van der Waals surface area contributed by atoms with Crippen molar-refractivity contribution >= 4 is 29.9 Å². The maximum absolute atomic E-state index is 12.7. The van der Waals surface area contributed by atoms with Gasteiger partial charge in [-0.25, -0.2) is 0 Å². The van der Waals surface area contributed by atoms with Gasteiger partial charge in [-0.1, -0.05) is 17.7 Å². The fraction of sp³-hybridized carbons (Fsp3) is 0.650. The fourth-order valence-corrected chi connectivity index (χ4v) is 6.14. The molecule has 1 aromatic rings. The van der Waals surface area contributed by atoms with Crippen molar-refractivity contribution in [1.29, 1.82) is 0 Å². The average Bonchev–Trinajstić information content (AvgIpc) is 2.53. The molecule has 4 bridgehead atoms. The number of carbonyl (C=O) groups excluding carboxylic acids is 1. The zero-order valence-electron chi connectivity index (χ0n) is 14.6. The Morgan fingerprint density at radius 3 is 2.32 bits per heavy atom. The SMILES string of the molecule is Cl.NCCc1ccc(Cl)c(C(=O)NCC23CC4CC(CC(C4)C2)C3)c1. The monoisotopic (exact) mass is 382 g/mol. The van der Waals surface area contributed by atoms with Crippen LogP contribution in [0.2, 0.25) is 5.02 Å². The summed E-state index contributed by atoms with van der Waals surface area (Å²) in [4.78, 5) is 12.7. The molecule has 0 saturated heterocycles. The highest BCUT2D eigenvalue weighted by atomic mass is 35.5. The van der Waals surface area contributed by atoms with Crippen LogP contribution in [0.15, 0.2) is 18.2 Å². The van der Waals surface area contributed by atoms with E-state index in [0.29, 0.717) is 22.5 Å². The molecule has 0 radical (unpaired) electrons. The predicted molar refractivity (Wildman–Crippen MR) is 104 cm³/mol. The van der Waals surface area contributed by atoms with Crippen LogP contribution in [0.1, 0.15) is 54.4 Å². The van der Waals surface area contributed by atoms with Crippen molar-refractivity contribution in [2.24, 2.45) is 28.9 Å². The van der Waals surface area contributed by atoms with E-state index >= 15 is 0 Å². The van der Waals surface area contributed by atoms with Crippen LogP contribution >= 0.6 is 24.0 Å². The second-order valence-electron chi connectivity index (χ2n) is 8.45. The summed E-state index contributed by atoms with van der Waals surface area (Å²) in [6, 6.07) is 5.65. The van der Waals surface area contributed by atoms with E-state index < -0.39 is 0 Å². The Morgan fingerprint density at radius 2 is 1.76 bits per heavy atom. The van der Waals surface area contributed by atoms with Gasteiger partial charge in [0, 0.05) is 6.54 Å². The molecule has 1 amide bonds. The fourth-order valence-electron chi connectivity index (χ4n) is 5.94. The zero-order valence-corrected chi connectivity index (χ0v) is 16.2. The molecule has 0 heterocycles. The van der Waals surface area contributed by atoms with Gasteiger partial charge in [-0.05, 0) is 92.4 Å². The van der Waals surface area contributed by atoms with E-state index in [4.69, 9.17) is 17.3 Å². The summed E-state index contributed by atoms with van der Waals surface area (Å²) in [6.45, 7) is 1.39. The molecule has 3 N–H and O–H groups in total. The van der Waals surface area contributed by atoms with Gasteiger partial charge < -0.3 is 11.1 Å². The van der Waals surface area contributed by atoms with Gasteiger partial charge in [0.05, 0.1) is 10.6 Å². The highest BCUT2D eigenvalue weighted by Crippen LogP contribution is 2.59. The molecule has 0 unspecified atom stereocenters. The predicted octanol–water partition coefficient (Wildman–Crippen LogP) is 4.21. The van der Waals surface area contributed by atoms with Crippen molar-refractivity contribution in [3.8, 4) is 0 Å². The molecular weight excluding hydrogens is 355 g/mol. The minimum Gasteiger partial charge on any atom is -0.351 e. The molecule has 0 atom stereocenters. The lowest BCUT2D eigenvalue weighted by atomic mass is 9.49. The standard InChI is InChI=1S/C20H27ClN2O.ClH/c21-18-2-1-13(3-4-22)8-17(18)19(24)23-12-20-9-14-5-15(10-20)7-16(6-14)11-20;/h1-2,8,14-16H,3-7,9-12,22H2,(H,23,24);1H. The number of nitrogens with two attached hydrogens (primary N) is 1. The molecular formula is C20H28Cl2N2O. The Labute approximate surface area is 161 Å². The van der Waals surface area contributed by atoms with Gasteiger partial charge in [0.15, 0.2) is 0 Å². The highest BCUT2D eigenvalue weighted by molar-refractivity contribution is 6.33. The summed E-state index contributed by atoms with van der Waals surface area (Å²) in [5.74, 6) is 2.69. The number of rotatable bonds is 5. The molecule has 3 nitrogen and oxygen atoms in total. The summed E-state index contributed by atoms with van der Waals surface area (Å²) in [5.41, 5.74) is 7.63. The lowest BCUT2D eigenvalue weighted by molar-refractivity contribution is -0.0503. The van der Waals surface area contributed by atoms with E-state index in [-0.39, 0.29) is 18.3 Å². The van der Waals surface area contributed by atoms with Crippen LogP contribution in [0, 0.1) is 23.2 Å². The van der Waals surface area contributed by atoms with Crippen LogP contribution < -0.4 is 11.1 Å². The van der Waals surface area contributed by atoms with Gasteiger partial charge in [0.2, 0.25) is 0 Å². The summed E-state index contributed by atoms with van der Waals surface area (Å²) in [5, 5.41) is 3.74. The first-order chi connectivity index (χ1) is 11.6. The number of nitrogens with one attached hydrogen (secondary N) is 1. The Balaban J connectivity index is 0.00000182. The number of amides is 1. The molecule has 4 saturated carbocycles. The van der Waals surface area contributed by atoms with E-state index in [1.54, 1.807) is 0 Å². The smallest absolute Gasteiger partial charge is 0.252 e. The lowest BCUT2D eigenvalue weighted by Gasteiger charge is -2.56. The van der Waals surface area contributed by atoms with Gasteiger partial charge in [-0.3, -0.25) is 4.79 Å². The number of halogens is 2. The Kier molecular flexibility index (Phi) is 5.67. The van der Waals surface area contributed by atoms with Crippen LogP contribution in [-0.2, 0) is 6.42 Å². The first-order valence-electron chi connectivity index (χ1n) is 9.33. The quantitative estimate of drug-likeness (QED) is 0.800. The molecule has 0 aromatic heterocycles. The van der Waals surface area contributed by atoms with Crippen molar-refractivity contribution in [1.82, 2.24) is 5.32 Å². The number of carbonyl (C=O) groups is 1. The summed E-state index contributed by atoms with van der Waals surface area (Å²) < 4.78 is 0. The van der Waals surface area contributed by atoms with Crippen molar-refractivity contribution in [2.45, 2.75) is 44.9 Å². The minimum atomic E-state index is -0.0328. The van der Waals surface area contributed by atoms with Crippen LogP contribution in [0.5, 0.6) is 0 Å². The molecule has 4 aliphatic carbocycles. The largest absolute Gasteiger partial charge is 0.351 e. The molecule has 1 aromatic carbocycles. The molecule has 25 heavy (non-hydrogen) atoms. The van der Waals surface area contributed by atoms with Gasteiger partial charge in [0.25, 0.3) is 5.91 Å². The first kappa shape index (κ1) is 19.0. The minimum absolute atomic E-state index is 0. The van der Waals surface area contributed by atoms with E-state index in [0.717, 1.165) is 36.3 Å². The van der Waals surface area contributed by atoms with Crippen molar-refractivity contribution in [3.63, 3.8) is 0 Å². The van der Waals surface area contributed by atoms with Crippen LogP contribution in [0.4, 0.5) is 0 Å². The molecule has 138 valence electrons. The molecule has 4 fully saturated rings. The third-order valence-corrected chi connectivity index (χ3v) is 6.83. The van der Waals surface area contributed by atoms with Crippen LogP contribution in [-0.4, -0.2) is 19.0 Å². The van der Waals surface area contributed by atoms with Crippen molar-refractivity contribution in [3.05, 3.63) is 34.3 Å². The van der Waals surface area contributed by atoms with E-state index in [1.807, 2.05) is 18.2 Å². The van der Waals surface area contributed by atoms with E-state index in [1.165, 1.54) is 38.5 Å². The lowest BCUT2D eigenvalue weighted by Crippen LogP contribution is -2.51. The average molecular weight is 383 g/mol. The van der Waals surface area contributed by atoms with Gasteiger partial charge >= 0.3 is 0 Å². The molecule has 5 rings (SSSR count). The summed E-state index contributed by atoms with van der Waals surface area (Å²) >= 11 is 6.25. The number of hydrogen-bond donors (Lipinski definition) is 2. The van der Waals surface area contributed by atoms with Crippen molar-refractivity contribution in [2.75, 3.05) is 13.1 Å². The third kappa shape index (κ3) is 3.84. The molecule has 0 spiro atoms. The van der Waals surface area contributed by atoms with Crippen LogP contribution in [0.3, 0.4) is 0 Å². The topological polar surface area (TPSA) is 55.1 Å². The second kappa shape index (κ2) is 7.46. The summed E-state index contributed by atoms with van der Waals surface area (Å²) in [7, 11) is 0. The zero-order chi connectivity index (χ0) is 16.7. The molecule has 0 aliphatic heterocycles. The first-order valence-corrected chi connectivity index (χ1v) is 9.71. The van der Waals surface area contributed by atoms with Gasteiger partial charge in [-0.15, -0.1) is 12.4 Å². The highest BCUT2D eigenvalue weighted by Gasteiger charge is 2.50. The molecule has 4 aliphatic rings. The normalized spacial score (nSPS) is 32.3. The van der Waals surface area contributed by atoms with Gasteiger partial charge in [-0.2, -0.15) is 0 Å². The second-order valence-corrected chi connectivity index (χ2v) is 8.86. The van der Waals surface area contributed by atoms with Crippen molar-refractivity contribution < 1.29 is 4.79 Å². The number of benzene rings is 1. The van der Waals surface area contributed by atoms with Crippen LogP contribution in [0.25, 0.3) is 0 Å². The third-order valence-electron chi connectivity index (χ3n) is 6.50. The maximum atomic E-state index is 12.7. The Hall–Kier alpha value is -0.770. The summed E-state index contributed by atoms with van der Waals surface area (Å²) in [6.07, 6.45) is 8.98. The maximum Gasteiger partial charge on any atom is 0.252 e. The Bertz CT molecular complexity index is 611. The van der Waals surface area contributed by atoms with E-state index in [9.17, 15) is 4.79 Å². The van der Waals surface area contributed by atoms with E-state index in [2.05, 4.69) is 5.32 Å². The molecule has 5 heteroatoms. The Morgan fingerprint density at radius 1 is 1.16 bits per heavy atom. The van der Waals surface area contributed by atoms with Gasteiger partial charge in [0.1, 0.15) is 0 Å².